The standard InChI is InChI=1S/C20H30N2O5/c1-20(2,3)27-19(24)22-12-10-21(11-13-22)17(18(23)25-4)15-26-14-16-8-6-5-7-9-16/h5-9,17H,10-15H2,1-4H3/t17-/m0/s1. The number of hydrogen-bond donors (Lipinski definition) is 0. The summed E-state index contributed by atoms with van der Waals surface area (Å²) in [7, 11) is 1.38. The van der Waals surface area contributed by atoms with Crippen LogP contribution in [0.5, 0.6) is 0 Å². The van der Waals surface area contributed by atoms with Gasteiger partial charge in [-0.15, -0.1) is 0 Å². The summed E-state index contributed by atoms with van der Waals surface area (Å²) < 4.78 is 16.1. The average Bonchev–Trinajstić information content (AvgIpc) is 2.64. The van der Waals surface area contributed by atoms with E-state index >= 15 is 0 Å². The number of esters is 1. The number of hydrogen-bond acceptors (Lipinski definition) is 6. The molecule has 0 saturated carbocycles. The maximum atomic E-state index is 12.2. The van der Waals surface area contributed by atoms with Gasteiger partial charge in [0.05, 0.1) is 20.3 Å². The smallest absolute Gasteiger partial charge is 0.410 e. The maximum Gasteiger partial charge on any atom is 0.410 e. The number of nitrogens with zero attached hydrogens (tertiary/aromatic N) is 2. The summed E-state index contributed by atoms with van der Waals surface area (Å²) in [6, 6.07) is 9.32. The third-order valence-corrected chi connectivity index (χ3v) is 4.27. The lowest BCUT2D eigenvalue weighted by Gasteiger charge is -2.38. The number of rotatable bonds is 6. The van der Waals surface area contributed by atoms with Crippen molar-refractivity contribution < 1.29 is 23.8 Å². The molecule has 0 aromatic heterocycles. The molecule has 0 unspecified atom stereocenters. The topological polar surface area (TPSA) is 68.3 Å². The predicted molar refractivity (Wildman–Crippen MR) is 101 cm³/mol. The average molecular weight is 378 g/mol. The van der Waals surface area contributed by atoms with E-state index in [-0.39, 0.29) is 18.7 Å². The van der Waals surface area contributed by atoms with E-state index in [1.165, 1.54) is 7.11 Å². The highest BCUT2D eigenvalue weighted by Crippen LogP contribution is 2.14. The first kappa shape index (κ1) is 21.2. The number of methoxy groups -OCH3 is 1. The molecule has 1 heterocycles. The van der Waals surface area contributed by atoms with Gasteiger partial charge < -0.3 is 19.1 Å². The molecule has 0 spiro atoms. The number of ether oxygens (including phenoxy) is 3. The minimum atomic E-state index is -0.520. The molecule has 0 bridgehead atoms. The van der Waals surface area contributed by atoms with E-state index in [4.69, 9.17) is 14.2 Å². The van der Waals surface area contributed by atoms with Gasteiger partial charge in [-0.25, -0.2) is 4.79 Å². The molecule has 1 aliphatic heterocycles. The highest BCUT2D eigenvalue weighted by Gasteiger charge is 2.32. The molecule has 1 fully saturated rings. The van der Waals surface area contributed by atoms with E-state index in [9.17, 15) is 9.59 Å². The van der Waals surface area contributed by atoms with E-state index in [2.05, 4.69) is 0 Å². The summed E-state index contributed by atoms with van der Waals surface area (Å²) in [6.07, 6.45) is -0.322. The lowest BCUT2D eigenvalue weighted by molar-refractivity contribution is -0.150. The van der Waals surface area contributed by atoms with Crippen LogP contribution in [0.4, 0.5) is 4.79 Å². The van der Waals surface area contributed by atoms with Crippen molar-refractivity contribution in [2.45, 2.75) is 39.0 Å². The second-order valence-corrected chi connectivity index (χ2v) is 7.54. The molecule has 150 valence electrons. The Balaban J connectivity index is 1.86. The SMILES string of the molecule is COC(=O)[C@H](COCc1ccccc1)N1CCN(C(=O)OC(C)(C)C)CC1. The van der Waals surface area contributed by atoms with Gasteiger partial charge in [-0.3, -0.25) is 9.69 Å². The Labute approximate surface area is 161 Å². The van der Waals surface area contributed by atoms with Crippen molar-refractivity contribution in [3.63, 3.8) is 0 Å². The molecule has 2 rings (SSSR count). The molecule has 1 aromatic rings. The Morgan fingerprint density at radius 1 is 1.07 bits per heavy atom. The first-order chi connectivity index (χ1) is 12.8. The first-order valence-electron chi connectivity index (χ1n) is 9.21. The zero-order valence-corrected chi connectivity index (χ0v) is 16.6. The minimum Gasteiger partial charge on any atom is -0.468 e. The molecule has 1 amide bonds. The molecule has 1 aromatic carbocycles. The van der Waals surface area contributed by atoms with Crippen molar-refractivity contribution >= 4 is 12.1 Å². The molecule has 0 N–H and O–H groups in total. The van der Waals surface area contributed by atoms with E-state index in [1.54, 1.807) is 4.90 Å². The molecule has 0 radical (unpaired) electrons. The van der Waals surface area contributed by atoms with Crippen molar-refractivity contribution in [2.24, 2.45) is 0 Å². The summed E-state index contributed by atoms with van der Waals surface area (Å²) in [5.74, 6) is -0.325. The number of carbonyl (C=O) groups excluding carboxylic acids is 2. The number of carbonyl (C=O) groups is 2. The van der Waals surface area contributed by atoms with Gasteiger partial charge in [0, 0.05) is 26.2 Å². The first-order valence-corrected chi connectivity index (χ1v) is 9.21. The monoisotopic (exact) mass is 378 g/mol. The van der Waals surface area contributed by atoms with Crippen molar-refractivity contribution in [3.8, 4) is 0 Å². The Morgan fingerprint density at radius 3 is 2.26 bits per heavy atom. The quantitative estimate of drug-likeness (QED) is 0.708. The van der Waals surface area contributed by atoms with Gasteiger partial charge in [-0.2, -0.15) is 0 Å². The Bertz CT molecular complexity index is 607. The molecular formula is C20H30N2O5. The third-order valence-electron chi connectivity index (χ3n) is 4.27. The van der Waals surface area contributed by atoms with Gasteiger partial charge >= 0.3 is 12.1 Å². The molecule has 7 heteroatoms. The summed E-state index contributed by atoms with van der Waals surface area (Å²) in [4.78, 5) is 28.1. The highest BCUT2D eigenvalue weighted by molar-refractivity contribution is 5.76. The van der Waals surface area contributed by atoms with Crippen LogP contribution in [0.25, 0.3) is 0 Å². The number of benzene rings is 1. The van der Waals surface area contributed by atoms with Crippen LogP contribution < -0.4 is 0 Å². The summed E-state index contributed by atoms with van der Waals surface area (Å²) in [5, 5.41) is 0. The van der Waals surface area contributed by atoms with E-state index in [0.29, 0.717) is 32.8 Å². The summed E-state index contributed by atoms with van der Waals surface area (Å²) >= 11 is 0. The molecular weight excluding hydrogens is 348 g/mol. The van der Waals surface area contributed by atoms with Gasteiger partial charge in [-0.05, 0) is 26.3 Å². The van der Waals surface area contributed by atoms with Crippen molar-refractivity contribution in [3.05, 3.63) is 35.9 Å². The van der Waals surface area contributed by atoms with Gasteiger partial charge in [0.25, 0.3) is 0 Å². The summed E-state index contributed by atoms with van der Waals surface area (Å²) in [6.45, 7) is 8.35. The van der Waals surface area contributed by atoms with Crippen LogP contribution in [0.3, 0.4) is 0 Å². The van der Waals surface area contributed by atoms with E-state index in [0.717, 1.165) is 5.56 Å². The normalized spacial score (nSPS) is 16.7. The fourth-order valence-electron chi connectivity index (χ4n) is 2.86. The van der Waals surface area contributed by atoms with Crippen LogP contribution in [0.15, 0.2) is 30.3 Å². The largest absolute Gasteiger partial charge is 0.468 e. The molecule has 1 saturated heterocycles. The molecule has 1 aliphatic rings. The second kappa shape index (κ2) is 9.71. The van der Waals surface area contributed by atoms with Gasteiger partial charge in [0.2, 0.25) is 0 Å². The van der Waals surface area contributed by atoms with E-state index < -0.39 is 11.6 Å². The third kappa shape index (κ3) is 6.84. The minimum absolute atomic E-state index is 0.244. The van der Waals surface area contributed by atoms with Crippen LogP contribution >= 0.6 is 0 Å². The molecule has 27 heavy (non-hydrogen) atoms. The lowest BCUT2D eigenvalue weighted by atomic mass is 10.2. The van der Waals surface area contributed by atoms with E-state index in [1.807, 2.05) is 56.0 Å². The molecule has 7 nitrogen and oxygen atoms in total. The van der Waals surface area contributed by atoms with Crippen LogP contribution in [-0.2, 0) is 25.6 Å². The zero-order chi connectivity index (χ0) is 19.9. The van der Waals surface area contributed by atoms with Crippen molar-refractivity contribution in [1.29, 1.82) is 0 Å². The van der Waals surface area contributed by atoms with Gasteiger partial charge in [0.1, 0.15) is 11.6 Å². The second-order valence-electron chi connectivity index (χ2n) is 7.54. The fraction of sp³-hybridized carbons (Fsp3) is 0.600. The van der Waals surface area contributed by atoms with Crippen molar-refractivity contribution in [1.82, 2.24) is 9.80 Å². The van der Waals surface area contributed by atoms with Crippen LogP contribution in [-0.4, -0.2) is 73.4 Å². The van der Waals surface area contributed by atoms with Crippen LogP contribution in [0.2, 0.25) is 0 Å². The number of piperazine rings is 1. The predicted octanol–water partition coefficient (Wildman–Crippen LogP) is 2.30. The van der Waals surface area contributed by atoms with Crippen LogP contribution in [0.1, 0.15) is 26.3 Å². The lowest BCUT2D eigenvalue weighted by Crippen LogP contribution is -2.56. The van der Waals surface area contributed by atoms with Gasteiger partial charge in [0.15, 0.2) is 0 Å². The number of amides is 1. The summed E-state index contributed by atoms with van der Waals surface area (Å²) in [5.41, 5.74) is 0.532. The maximum absolute atomic E-state index is 12.2. The van der Waals surface area contributed by atoms with Crippen LogP contribution in [0, 0.1) is 0 Å². The highest BCUT2D eigenvalue weighted by atomic mass is 16.6. The van der Waals surface area contributed by atoms with Crippen molar-refractivity contribution in [2.75, 3.05) is 39.9 Å². The molecule has 0 aliphatic carbocycles. The Morgan fingerprint density at radius 2 is 1.70 bits per heavy atom. The Hall–Kier alpha value is -2.12. The Kier molecular flexibility index (Phi) is 7.62. The van der Waals surface area contributed by atoms with Gasteiger partial charge in [-0.1, -0.05) is 30.3 Å². The molecule has 1 atom stereocenters. The fourth-order valence-corrected chi connectivity index (χ4v) is 2.86. The zero-order valence-electron chi connectivity index (χ0n) is 16.6.